The lowest BCUT2D eigenvalue weighted by atomic mass is 10.1. The maximum Gasteiger partial charge on any atom is 0.337 e. The molecule has 8 heteroatoms. The van der Waals surface area contributed by atoms with E-state index in [4.69, 9.17) is 25.8 Å². The van der Waals surface area contributed by atoms with Crippen LogP contribution in [0, 0.1) is 24.0 Å². The van der Waals surface area contributed by atoms with E-state index in [1.807, 2.05) is 12.1 Å². The summed E-state index contributed by atoms with van der Waals surface area (Å²) in [5.74, 6) is 5.46. The third-order valence-electron chi connectivity index (χ3n) is 4.52. The van der Waals surface area contributed by atoms with Crippen molar-refractivity contribution >= 4 is 29.2 Å². The molecule has 0 aliphatic rings. The van der Waals surface area contributed by atoms with E-state index in [9.17, 15) is 9.59 Å². The molecule has 1 N–H and O–H groups in total. The minimum absolute atomic E-state index is 0.122. The van der Waals surface area contributed by atoms with Crippen molar-refractivity contribution in [3.63, 3.8) is 0 Å². The first-order chi connectivity index (χ1) is 16.5. The van der Waals surface area contributed by atoms with Crippen LogP contribution in [0.2, 0.25) is 5.02 Å². The van der Waals surface area contributed by atoms with Crippen molar-refractivity contribution < 1.29 is 23.8 Å². The molecule has 0 atom stereocenters. The highest BCUT2D eigenvalue weighted by molar-refractivity contribution is 6.30. The number of halogens is 1. The largest absolute Gasteiger partial charge is 0.491 e. The fraction of sp³-hybridized carbons (Fsp3) is 0.308. The molecule has 0 heterocycles. The van der Waals surface area contributed by atoms with E-state index >= 15 is 0 Å². The second-order valence-corrected chi connectivity index (χ2v) is 7.39. The van der Waals surface area contributed by atoms with Gasteiger partial charge in [0.15, 0.2) is 0 Å². The predicted octanol–water partition coefficient (Wildman–Crippen LogP) is 3.97. The summed E-state index contributed by atoms with van der Waals surface area (Å²) in [4.78, 5) is 26.1. The van der Waals surface area contributed by atoms with E-state index < -0.39 is 5.97 Å². The molecule has 2 aromatic carbocycles. The molecule has 34 heavy (non-hydrogen) atoms. The SMILES string of the molecule is CC#CN(CCCOc1cc(C(=O)OC)ccc1NCC#COC)C(=O)Cc1cccc(Cl)c1. The molecule has 2 rings (SSSR count). The Morgan fingerprint density at radius 1 is 1.15 bits per heavy atom. The van der Waals surface area contributed by atoms with Gasteiger partial charge in [-0.25, -0.2) is 4.79 Å². The summed E-state index contributed by atoms with van der Waals surface area (Å²) in [7, 11) is 2.80. The molecular formula is C26H27ClN2O5. The van der Waals surface area contributed by atoms with Crippen LogP contribution in [0.15, 0.2) is 42.5 Å². The summed E-state index contributed by atoms with van der Waals surface area (Å²) in [5.41, 5.74) is 1.85. The van der Waals surface area contributed by atoms with Crippen LogP contribution in [-0.4, -0.2) is 50.7 Å². The zero-order valence-electron chi connectivity index (χ0n) is 19.4. The van der Waals surface area contributed by atoms with E-state index in [2.05, 4.69) is 29.3 Å². The number of hydrogen-bond acceptors (Lipinski definition) is 6. The number of hydrogen-bond donors (Lipinski definition) is 1. The lowest BCUT2D eigenvalue weighted by molar-refractivity contribution is -0.127. The van der Waals surface area contributed by atoms with Gasteiger partial charge in [-0.1, -0.05) is 29.7 Å². The third kappa shape index (κ3) is 8.61. The molecule has 0 bridgehead atoms. The lowest BCUT2D eigenvalue weighted by Crippen LogP contribution is -2.29. The van der Waals surface area contributed by atoms with Crippen LogP contribution in [-0.2, 0) is 20.7 Å². The van der Waals surface area contributed by atoms with Crippen LogP contribution in [0.1, 0.15) is 29.3 Å². The highest BCUT2D eigenvalue weighted by Crippen LogP contribution is 2.26. The number of methoxy groups -OCH3 is 2. The summed E-state index contributed by atoms with van der Waals surface area (Å²) < 4.78 is 15.4. The lowest BCUT2D eigenvalue weighted by Gasteiger charge is -2.17. The van der Waals surface area contributed by atoms with Gasteiger partial charge in [0.2, 0.25) is 5.91 Å². The second kappa shape index (κ2) is 14.4. The molecule has 7 nitrogen and oxygen atoms in total. The van der Waals surface area contributed by atoms with E-state index in [1.165, 1.54) is 19.1 Å². The predicted molar refractivity (Wildman–Crippen MR) is 131 cm³/mol. The minimum atomic E-state index is -0.466. The standard InChI is InChI=1S/C26H27ClN2O5/c1-4-13-29(25(30)18-20-8-5-9-22(27)17-20)14-7-16-34-24-19-21(26(31)33-3)10-11-23(24)28-12-6-15-32-2/h5,8-11,17,19,28H,7,12,14,16,18H2,1-3H3. The Bertz CT molecular complexity index is 1110. The summed E-state index contributed by atoms with van der Waals surface area (Å²) in [5, 5.41) is 3.71. The van der Waals surface area contributed by atoms with Gasteiger partial charge in [-0.05, 0) is 48.7 Å². The van der Waals surface area contributed by atoms with Gasteiger partial charge in [0.1, 0.15) is 11.9 Å². The molecule has 0 saturated heterocycles. The average molecular weight is 483 g/mol. The van der Waals surface area contributed by atoms with Crippen LogP contribution in [0.4, 0.5) is 5.69 Å². The Morgan fingerprint density at radius 3 is 2.68 bits per heavy atom. The zero-order valence-corrected chi connectivity index (χ0v) is 20.2. The van der Waals surface area contributed by atoms with Crippen molar-refractivity contribution in [2.45, 2.75) is 19.8 Å². The molecule has 0 aliphatic carbocycles. The summed E-state index contributed by atoms with van der Waals surface area (Å²) in [6.07, 6.45) is 3.23. The van der Waals surface area contributed by atoms with Crippen LogP contribution >= 0.6 is 11.6 Å². The molecule has 0 aliphatic heterocycles. The first kappa shape index (κ1) is 26.4. The molecule has 0 unspecified atom stereocenters. The average Bonchev–Trinajstić information content (AvgIpc) is 2.83. The molecular weight excluding hydrogens is 456 g/mol. The first-order valence-corrected chi connectivity index (χ1v) is 10.9. The first-order valence-electron chi connectivity index (χ1n) is 10.6. The number of anilines is 1. The van der Waals surface area contributed by atoms with Crippen LogP contribution < -0.4 is 10.1 Å². The zero-order chi connectivity index (χ0) is 24.8. The van der Waals surface area contributed by atoms with Crippen molar-refractivity contribution in [2.24, 2.45) is 0 Å². The summed E-state index contributed by atoms with van der Waals surface area (Å²) in [6, 6.07) is 15.0. The Hall–Kier alpha value is -3.81. The fourth-order valence-corrected chi connectivity index (χ4v) is 3.19. The molecule has 2 aromatic rings. The number of rotatable bonds is 10. The Balaban J connectivity index is 2.00. The van der Waals surface area contributed by atoms with E-state index in [-0.39, 0.29) is 12.3 Å². The van der Waals surface area contributed by atoms with Crippen LogP contribution in [0.25, 0.3) is 0 Å². The Kier molecular flexibility index (Phi) is 11.2. The van der Waals surface area contributed by atoms with Gasteiger partial charge in [-0.2, -0.15) is 0 Å². The van der Waals surface area contributed by atoms with Crippen molar-refractivity contribution in [3.8, 4) is 29.7 Å². The molecule has 178 valence electrons. The maximum atomic E-state index is 12.7. The van der Waals surface area contributed by atoms with Gasteiger partial charge in [0.25, 0.3) is 0 Å². The quantitative estimate of drug-likeness (QED) is 0.239. The van der Waals surface area contributed by atoms with Crippen LogP contribution in [0.3, 0.4) is 0 Å². The molecule has 0 saturated carbocycles. The number of carbonyl (C=O) groups excluding carboxylic acids is 2. The normalized spacial score (nSPS) is 9.53. The highest BCUT2D eigenvalue weighted by Gasteiger charge is 2.14. The van der Waals surface area contributed by atoms with Crippen molar-refractivity contribution in [2.75, 3.05) is 39.2 Å². The van der Waals surface area contributed by atoms with Gasteiger partial charge in [0, 0.05) is 24.0 Å². The van der Waals surface area contributed by atoms with Crippen molar-refractivity contribution in [1.82, 2.24) is 4.90 Å². The molecule has 1 amide bonds. The minimum Gasteiger partial charge on any atom is -0.491 e. The number of esters is 1. The molecule has 0 aromatic heterocycles. The number of benzene rings is 2. The number of nitrogens with zero attached hydrogens (tertiary/aromatic N) is 1. The topological polar surface area (TPSA) is 77.1 Å². The number of nitrogens with one attached hydrogen (secondary N) is 1. The van der Waals surface area contributed by atoms with E-state index in [0.717, 1.165) is 5.56 Å². The highest BCUT2D eigenvalue weighted by atomic mass is 35.5. The van der Waals surface area contributed by atoms with Gasteiger partial charge >= 0.3 is 5.97 Å². The van der Waals surface area contributed by atoms with Gasteiger partial charge in [-0.3, -0.25) is 9.69 Å². The third-order valence-corrected chi connectivity index (χ3v) is 4.76. The molecule has 0 radical (unpaired) electrons. The monoisotopic (exact) mass is 482 g/mol. The second-order valence-electron chi connectivity index (χ2n) is 6.95. The summed E-state index contributed by atoms with van der Waals surface area (Å²) >= 11 is 6.01. The van der Waals surface area contributed by atoms with Crippen LogP contribution in [0.5, 0.6) is 5.75 Å². The van der Waals surface area contributed by atoms with Crippen molar-refractivity contribution in [1.29, 1.82) is 0 Å². The smallest absolute Gasteiger partial charge is 0.337 e. The maximum absolute atomic E-state index is 12.7. The Labute approximate surface area is 205 Å². The molecule has 0 fully saturated rings. The fourth-order valence-electron chi connectivity index (χ4n) is 2.98. The number of ether oxygens (including phenoxy) is 3. The van der Waals surface area contributed by atoms with E-state index in [0.29, 0.717) is 48.1 Å². The van der Waals surface area contributed by atoms with E-state index in [1.54, 1.807) is 37.3 Å². The summed E-state index contributed by atoms with van der Waals surface area (Å²) in [6.45, 7) is 2.70. The Morgan fingerprint density at radius 2 is 1.97 bits per heavy atom. The van der Waals surface area contributed by atoms with Gasteiger partial charge in [0.05, 0.1) is 45.0 Å². The van der Waals surface area contributed by atoms with Gasteiger partial charge < -0.3 is 19.5 Å². The number of carbonyl (C=O) groups is 2. The molecule has 0 spiro atoms. The number of amides is 1. The van der Waals surface area contributed by atoms with Gasteiger partial charge in [-0.15, -0.1) is 0 Å². The van der Waals surface area contributed by atoms with Crippen molar-refractivity contribution in [3.05, 3.63) is 58.6 Å².